The molecular formula is C17H16N2OS. The fourth-order valence-electron chi connectivity index (χ4n) is 2.42. The van der Waals surface area contributed by atoms with Gasteiger partial charge >= 0.3 is 0 Å². The first-order chi connectivity index (χ1) is 10.3. The van der Waals surface area contributed by atoms with Crippen LogP contribution in [-0.4, -0.2) is 12.5 Å². The average Bonchev–Trinajstić information content (AvgIpc) is 3.07. The van der Waals surface area contributed by atoms with Gasteiger partial charge in [-0.3, -0.25) is 4.79 Å². The molecule has 4 heteroatoms. The highest BCUT2D eigenvalue weighted by Gasteiger charge is 2.18. The molecule has 0 unspecified atom stereocenters. The van der Waals surface area contributed by atoms with E-state index in [1.165, 1.54) is 16.9 Å². The van der Waals surface area contributed by atoms with Crippen molar-refractivity contribution < 1.29 is 4.79 Å². The minimum absolute atomic E-state index is 0.0322. The van der Waals surface area contributed by atoms with Crippen LogP contribution < -0.4 is 11.1 Å². The summed E-state index contributed by atoms with van der Waals surface area (Å²) in [5.41, 5.74) is 8.36. The number of thiophene rings is 1. The summed E-state index contributed by atoms with van der Waals surface area (Å²) in [4.78, 5) is 14.4. The number of carbonyl (C=O) groups excluding carboxylic acids is 1. The van der Waals surface area contributed by atoms with Gasteiger partial charge in [0.25, 0.3) is 5.91 Å². The van der Waals surface area contributed by atoms with E-state index in [1.54, 1.807) is 11.3 Å². The van der Waals surface area contributed by atoms with E-state index in [1.807, 2.05) is 30.3 Å². The van der Waals surface area contributed by atoms with Crippen molar-refractivity contribution in [3.63, 3.8) is 0 Å². The first-order valence-corrected chi connectivity index (χ1v) is 7.80. The van der Waals surface area contributed by atoms with Gasteiger partial charge in [0.2, 0.25) is 0 Å². The van der Waals surface area contributed by atoms with Crippen LogP contribution in [0.4, 0.5) is 5.69 Å². The summed E-state index contributed by atoms with van der Waals surface area (Å²) in [5.74, 6) is 5.73. The third-order valence-corrected chi connectivity index (χ3v) is 4.68. The predicted octanol–water partition coefficient (Wildman–Crippen LogP) is 2.80. The molecule has 106 valence electrons. The number of aryl methyl sites for hydroxylation is 2. The number of anilines is 1. The van der Waals surface area contributed by atoms with Gasteiger partial charge in [0.05, 0.1) is 11.4 Å². The van der Waals surface area contributed by atoms with Crippen molar-refractivity contribution in [2.45, 2.75) is 19.3 Å². The SMILES string of the molecule is NCC#Cc1ccc(NC(=O)c2cc3c(s2)CCC3)cc1. The molecule has 3 N–H and O–H groups in total. The Morgan fingerprint density at radius 3 is 2.81 bits per heavy atom. The van der Waals surface area contributed by atoms with Crippen molar-refractivity contribution in [3.05, 3.63) is 51.2 Å². The van der Waals surface area contributed by atoms with E-state index in [0.717, 1.165) is 29.0 Å². The molecule has 1 heterocycles. The van der Waals surface area contributed by atoms with Gasteiger partial charge in [-0.2, -0.15) is 0 Å². The second-order valence-corrected chi connectivity index (χ2v) is 6.09. The highest BCUT2D eigenvalue weighted by atomic mass is 32.1. The highest BCUT2D eigenvalue weighted by molar-refractivity contribution is 7.14. The van der Waals surface area contributed by atoms with Gasteiger partial charge in [-0.15, -0.1) is 11.3 Å². The van der Waals surface area contributed by atoms with Gasteiger partial charge in [0.15, 0.2) is 0 Å². The normalized spacial score (nSPS) is 12.4. The Balaban J connectivity index is 1.69. The molecule has 3 nitrogen and oxygen atoms in total. The number of rotatable bonds is 2. The molecule has 3 rings (SSSR count). The minimum atomic E-state index is -0.0322. The molecule has 1 aromatic heterocycles. The van der Waals surface area contributed by atoms with Crippen LogP contribution in [0, 0.1) is 11.8 Å². The van der Waals surface area contributed by atoms with Crippen LogP contribution >= 0.6 is 11.3 Å². The summed E-state index contributed by atoms with van der Waals surface area (Å²) in [7, 11) is 0. The quantitative estimate of drug-likeness (QED) is 0.837. The van der Waals surface area contributed by atoms with Crippen molar-refractivity contribution in [3.8, 4) is 11.8 Å². The molecule has 1 amide bonds. The van der Waals surface area contributed by atoms with Crippen LogP contribution in [0.3, 0.4) is 0 Å². The number of benzene rings is 1. The Hall–Kier alpha value is -2.09. The maximum atomic E-state index is 12.2. The van der Waals surface area contributed by atoms with Crippen LogP contribution in [-0.2, 0) is 12.8 Å². The lowest BCUT2D eigenvalue weighted by atomic mass is 10.2. The van der Waals surface area contributed by atoms with Gasteiger partial charge in [-0.1, -0.05) is 11.8 Å². The molecule has 0 radical (unpaired) electrons. The van der Waals surface area contributed by atoms with Gasteiger partial charge in [-0.25, -0.2) is 0 Å². The van der Waals surface area contributed by atoms with E-state index < -0.39 is 0 Å². The van der Waals surface area contributed by atoms with Crippen molar-refractivity contribution in [2.75, 3.05) is 11.9 Å². The number of hydrogen-bond acceptors (Lipinski definition) is 3. The molecule has 21 heavy (non-hydrogen) atoms. The van der Waals surface area contributed by atoms with E-state index in [4.69, 9.17) is 5.73 Å². The number of carbonyl (C=O) groups is 1. The van der Waals surface area contributed by atoms with Gasteiger partial charge in [0, 0.05) is 16.1 Å². The largest absolute Gasteiger partial charge is 0.321 e. The fourth-order valence-corrected chi connectivity index (χ4v) is 3.57. The first kappa shape index (κ1) is 13.9. The van der Waals surface area contributed by atoms with Crippen LogP contribution in [0.25, 0.3) is 0 Å². The molecular weight excluding hydrogens is 280 g/mol. The van der Waals surface area contributed by atoms with Gasteiger partial charge in [-0.05, 0) is 55.2 Å². The predicted molar refractivity (Wildman–Crippen MR) is 86.7 cm³/mol. The van der Waals surface area contributed by atoms with Crippen molar-refractivity contribution >= 4 is 22.9 Å². The van der Waals surface area contributed by atoms with E-state index in [9.17, 15) is 4.79 Å². The summed E-state index contributed by atoms with van der Waals surface area (Å²) >= 11 is 1.62. The summed E-state index contributed by atoms with van der Waals surface area (Å²) in [5, 5.41) is 2.93. The smallest absolute Gasteiger partial charge is 0.265 e. The Morgan fingerprint density at radius 2 is 2.10 bits per heavy atom. The molecule has 0 spiro atoms. The van der Waals surface area contributed by atoms with Crippen molar-refractivity contribution in [2.24, 2.45) is 5.73 Å². The first-order valence-electron chi connectivity index (χ1n) is 6.98. The van der Waals surface area contributed by atoms with Crippen LogP contribution in [0.2, 0.25) is 0 Å². The Bertz CT molecular complexity index is 698. The maximum absolute atomic E-state index is 12.2. The standard InChI is InChI=1S/C17H16N2OS/c18-10-2-3-12-6-8-14(9-7-12)19-17(20)16-11-13-4-1-5-15(13)21-16/h6-9,11H,1,4-5,10,18H2,(H,19,20). The van der Waals surface area contributed by atoms with Crippen molar-refractivity contribution in [1.82, 2.24) is 0 Å². The van der Waals surface area contributed by atoms with Crippen LogP contribution in [0.15, 0.2) is 30.3 Å². The number of amides is 1. The summed E-state index contributed by atoms with van der Waals surface area (Å²) in [6.45, 7) is 0.349. The van der Waals surface area contributed by atoms with Crippen molar-refractivity contribution in [1.29, 1.82) is 0 Å². The minimum Gasteiger partial charge on any atom is -0.321 e. The number of fused-ring (bicyclic) bond motifs is 1. The van der Waals surface area contributed by atoms with E-state index in [2.05, 4.69) is 17.2 Å². The number of nitrogens with one attached hydrogen (secondary N) is 1. The topological polar surface area (TPSA) is 55.1 Å². The fraction of sp³-hybridized carbons (Fsp3) is 0.235. The van der Waals surface area contributed by atoms with Crippen LogP contribution in [0.5, 0.6) is 0 Å². The highest BCUT2D eigenvalue weighted by Crippen LogP contribution is 2.30. The zero-order valence-corrected chi connectivity index (χ0v) is 12.4. The Kier molecular flexibility index (Phi) is 4.05. The Morgan fingerprint density at radius 1 is 1.29 bits per heavy atom. The molecule has 0 atom stereocenters. The zero-order valence-electron chi connectivity index (χ0n) is 11.6. The zero-order chi connectivity index (χ0) is 14.7. The Labute approximate surface area is 128 Å². The number of nitrogens with two attached hydrogens (primary N) is 1. The number of hydrogen-bond donors (Lipinski definition) is 2. The van der Waals surface area contributed by atoms with E-state index >= 15 is 0 Å². The van der Waals surface area contributed by atoms with Crippen LogP contribution in [0.1, 0.15) is 32.1 Å². The summed E-state index contributed by atoms with van der Waals surface area (Å²) < 4.78 is 0. The molecule has 0 saturated carbocycles. The van der Waals surface area contributed by atoms with Gasteiger partial charge in [0.1, 0.15) is 0 Å². The second kappa shape index (κ2) is 6.13. The molecule has 0 fully saturated rings. The third kappa shape index (κ3) is 3.15. The lowest BCUT2D eigenvalue weighted by Crippen LogP contribution is -2.10. The molecule has 1 aromatic carbocycles. The third-order valence-electron chi connectivity index (χ3n) is 3.45. The molecule has 2 aromatic rings. The molecule has 1 aliphatic rings. The lowest BCUT2D eigenvalue weighted by molar-refractivity contribution is 0.103. The van der Waals surface area contributed by atoms with E-state index in [-0.39, 0.29) is 5.91 Å². The molecule has 0 saturated heterocycles. The molecule has 0 aliphatic heterocycles. The molecule has 0 bridgehead atoms. The second-order valence-electron chi connectivity index (χ2n) is 4.95. The summed E-state index contributed by atoms with van der Waals surface area (Å²) in [6, 6.07) is 9.52. The maximum Gasteiger partial charge on any atom is 0.265 e. The average molecular weight is 296 g/mol. The molecule has 1 aliphatic carbocycles. The lowest BCUT2D eigenvalue weighted by Gasteiger charge is -2.03. The summed E-state index contributed by atoms with van der Waals surface area (Å²) in [6.07, 6.45) is 3.43. The van der Waals surface area contributed by atoms with Gasteiger partial charge < -0.3 is 11.1 Å². The monoisotopic (exact) mass is 296 g/mol. The van der Waals surface area contributed by atoms with E-state index in [0.29, 0.717) is 6.54 Å².